The van der Waals surface area contributed by atoms with E-state index in [1.165, 1.54) is 18.4 Å². The van der Waals surface area contributed by atoms with Crippen LogP contribution in [0.15, 0.2) is 22.7 Å². The number of rotatable bonds is 3. The van der Waals surface area contributed by atoms with Crippen LogP contribution in [0.3, 0.4) is 0 Å². The van der Waals surface area contributed by atoms with Gasteiger partial charge in [0.05, 0.1) is 18.5 Å². The van der Waals surface area contributed by atoms with Crippen molar-refractivity contribution >= 4 is 66.6 Å². The molecule has 4 nitrogen and oxygen atoms in total. The molecule has 0 saturated carbocycles. The second-order valence-corrected chi connectivity index (χ2v) is 6.75. The van der Waals surface area contributed by atoms with Gasteiger partial charge in [-0.3, -0.25) is 0 Å². The van der Waals surface area contributed by atoms with Crippen LogP contribution in [0, 0.1) is 10.5 Å². The highest BCUT2D eigenvalue weighted by Crippen LogP contribution is 2.30. The van der Waals surface area contributed by atoms with E-state index in [-0.39, 0.29) is 5.97 Å². The van der Waals surface area contributed by atoms with Gasteiger partial charge in [0, 0.05) is 8.04 Å². The number of carbonyl (C=O) groups excluding carboxylic acids is 1. The molecule has 0 atom stereocenters. The Labute approximate surface area is 136 Å². The molecular weight excluding hydrogens is 443 g/mol. The lowest BCUT2D eigenvalue weighted by molar-refractivity contribution is 0.0605. The molecule has 7 heteroatoms. The number of hydrogen-bond donors (Lipinski definition) is 1. The van der Waals surface area contributed by atoms with Crippen molar-refractivity contribution in [2.75, 3.05) is 12.4 Å². The number of hydrogen-bond acceptors (Lipinski definition) is 5. The Bertz CT molecular complexity index is 630. The number of aryl methyl sites for hydroxylation is 1. The van der Waals surface area contributed by atoms with Gasteiger partial charge in [-0.15, -0.1) is 0 Å². The highest BCUT2D eigenvalue weighted by molar-refractivity contribution is 14.1. The van der Waals surface area contributed by atoms with Crippen molar-refractivity contribution in [3.8, 4) is 0 Å². The first-order chi connectivity index (χ1) is 9.01. The minimum atomic E-state index is -0.355. The first-order valence-corrected chi connectivity index (χ1v) is 7.98. The van der Waals surface area contributed by atoms with Crippen LogP contribution in [-0.4, -0.2) is 18.1 Å². The van der Waals surface area contributed by atoms with Crippen LogP contribution in [0.1, 0.15) is 15.4 Å². The Morgan fingerprint density at radius 3 is 2.95 bits per heavy atom. The fourth-order valence-corrected chi connectivity index (χ4v) is 3.17. The zero-order chi connectivity index (χ0) is 14.0. The predicted octanol–water partition coefficient (Wildman–Crippen LogP) is 4.35. The maximum atomic E-state index is 11.5. The van der Waals surface area contributed by atoms with Crippen molar-refractivity contribution < 1.29 is 9.53 Å². The van der Waals surface area contributed by atoms with Crippen molar-refractivity contribution in [2.45, 2.75) is 6.92 Å². The van der Waals surface area contributed by atoms with E-state index in [1.54, 1.807) is 6.92 Å². The predicted molar refractivity (Wildman–Crippen MR) is 88.3 cm³/mol. The fourth-order valence-electron chi connectivity index (χ4n) is 1.44. The molecule has 1 aromatic heterocycles. The maximum Gasteiger partial charge on any atom is 0.350 e. The van der Waals surface area contributed by atoms with Crippen molar-refractivity contribution in [3.63, 3.8) is 0 Å². The van der Waals surface area contributed by atoms with Crippen molar-refractivity contribution in [1.29, 1.82) is 0 Å². The summed E-state index contributed by atoms with van der Waals surface area (Å²) in [6.07, 6.45) is 0. The minimum Gasteiger partial charge on any atom is -0.465 e. The van der Waals surface area contributed by atoms with Gasteiger partial charge in [0.25, 0.3) is 0 Å². The number of methoxy groups -OCH3 is 1. The van der Waals surface area contributed by atoms with Gasteiger partial charge in [-0.1, -0.05) is 27.3 Å². The molecular formula is C12H10BrIN2O2S. The maximum absolute atomic E-state index is 11.5. The van der Waals surface area contributed by atoms with Crippen LogP contribution in [0.25, 0.3) is 0 Å². The van der Waals surface area contributed by atoms with Gasteiger partial charge < -0.3 is 10.1 Å². The molecule has 1 aromatic carbocycles. The molecule has 0 aliphatic heterocycles. The molecule has 0 amide bonds. The Kier molecular flexibility index (Phi) is 4.80. The van der Waals surface area contributed by atoms with E-state index in [4.69, 9.17) is 4.74 Å². The summed E-state index contributed by atoms with van der Waals surface area (Å²) in [5.41, 5.74) is 1.62. The normalized spacial score (nSPS) is 10.3. The molecule has 1 N–H and O–H groups in total. The molecule has 0 saturated heterocycles. The average molecular weight is 453 g/mol. The van der Waals surface area contributed by atoms with Crippen LogP contribution >= 0.6 is 49.9 Å². The van der Waals surface area contributed by atoms with Gasteiger partial charge in [-0.25, -0.2) is 9.78 Å². The monoisotopic (exact) mass is 452 g/mol. The number of halogens is 2. The third-order valence-electron chi connectivity index (χ3n) is 2.34. The van der Waals surface area contributed by atoms with E-state index in [2.05, 4.69) is 48.8 Å². The molecule has 0 bridgehead atoms. The first-order valence-electron chi connectivity index (χ1n) is 5.29. The number of benzene rings is 1. The Morgan fingerprint density at radius 2 is 2.26 bits per heavy atom. The SMILES string of the molecule is COC(=O)c1sc(Nc2cc(Br)ccc2I)nc1C. The summed E-state index contributed by atoms with van der Waals surface area (Å²) < 4.78 is 6.78. The lowest BCUT2D eigenvalue weighted by atomic mass is 10.3. The third-order valence-corrected chi connectivity index (χ3v) is 4.82. The highest BCUT2D eigenvalue weighted by Gasteiger charge is 2.16. The molecule has 0 spiro atoms. The smallest absolute Gasteiger partial charge is 0.350 e. The summed E-state index contributed by atoms with van der Waals surface area (Å²) in [7, 11) is 1.37. The average Bonchev–Trinajstić information content (AvgIpc) is 2.74. The van der Waals surface area contributed by atoms with Crippen LogP contribution in [0.4, 0.5) is 10.8 Å². The van der Waals surface area contributed by atoms with Crippen LogP contribution in [0.5, 0.6) is 0 Å². The summed E-state index contributed by atoms with van der Waals surface area (Å²) in [5.74, 6) is -0.355. The Balaban J connectivity index is 2.29. The molecule has 100 valence electrons. The van der Waals surface area contributed by atoms with Crippen molar-refractivity contribution in [2.24, 2.45) is 0 Å². The second kappa shape index (κ2) is 6.19. The van der Waals surface area contributed by atoms with Gasteiger partial charge >= 0.3 is 5.97 Å². The summed E-state index contributed by atoms with van der Waals surface area (Å²) >= 11 is 6.96. The van der Waals surface area contributed by atoms with E-state index in [9.17, 15) is 4.79 Å². The quantitative estimate of drug-likeness (QED) is 0.555. The number of aromatic nitrogens is 1. The highest BCUT2D eigenvalue weighted by atomic mass is 127. The lowest BCUT2D eigenvalue weighted by Gasteiger charge is -2.05. The number of thiazole rings is 1. The van der Waals surface area contributed by atoms with Crippen LogP contribution in [0.2, 0.25) is 0 Å². The molecule has 1 heterocycles. The van der Waals surface area contributed by atoms with E-state index in [0.29, 0.717) is 15.7 Å². The molecule has 2 aromatic rings. The third kappa shape index (κ3) is 3.46. The molecule has 2 rings (SSSR count). The summed E-state index contributed by atoms with van der Waals surface area (Å²) in [6.45, 7) is 1.79. The van der Waals surface area contributed by atoms with Crippen molar-refractivity contribution in [3.05, 3.63) is 36.8 Å². The number of nitrogens with one attached hydrogen (secondary N) is 1. The van der Waals surface area contributed by atoms with Gasteiger partial charge in [-0.05, 0) is 47.7 Å². The van der Waals surface area contributed by atoms with E-state index < -0.39 is 0 Å². The minimum absolute atomic E-state index is 0.355. The standard InChI is InChI=1S/C12H10BrIN2O2S/c1-6-10(11(17)18-2)19-12(15-6)16-9-5-7(13)3-4-8(9)14/h3-5H,1-2H3,(H,15,16). The summed E-state index contributed by atoms with van der Waals surface area (Å²) in [4.78, 5) is 16.4. The zero-order valence-corrected chi connectivity index (χ0v) is 14.7. The number of ether oxygens (including phenoxy) is 1. The first kappa shape index (κ1) is 14.7. The summed E-state index contributed by atoms with van der Waals surface area (Å²) in [5, 5.41) is 3.89. The zero-order valence-electron chi connectivity index (χ0n) is 10.2. The molecule has 0 aliphatic carbocycles. The topological polar surface area (TPSA) is 51.2 Å². The number of nitrogens with zero attached hydrogens (tertiary/aromatic N) is 1. The largest absolute Gasteiger partial charge is 0.465 e. The fraction of sp³-hybridized carbons (Fsp3) is 0.167. The molecule has 0 radical (unpaired) electrons. The van der Waals surface area contributed by atoms with Gasteiger partial charge in [-0.2, -0.15) is 0 Å². The van der Waals surface area contributed by atoms with E-state index >= 15 is 0 Å². The number of esters is 1. The Morgan fingerprint density at radius 1 is 1.53 bits per heavy atom. The van der Waals surface area contributed by atoms with Gasteiger partial charge in [0.1, 0.15) is 4.88 Å². The summed E-state index contributed by atoms with van der Waals surface area (Å²) in [6, 6.07) is 5.94. The van der Waals surface area contributed by atoms with Crippen LogP contribution in [-0.2, 0) is 4.74 Å². The van der Waals surface area contributed by atoms with Crippen LogP contribution < -0.4 is 5.32 Å². The van der Waals surface area contributed by atoms with Gasteiger partial charge in [0.15, 0.2) is 5.13 Å². The van der Waals surface area contributed by atoms with Crippen molar-refractivity contribution in [1.82, 2.24) is 4.98 Å². The number of carbonyl (C=O) groups is 1. The van der Waals surface area contributed by atoms with E-state index in [1.807, 2.05) is 18.2 Å². The number of anilines is 2. The molecule has 0 unspecified atom stereocenters. The molecule has 0 aliphatic rings. The second-order valence-electron chi connectivity index (χ2n) is 3.67. The molecule has 19 heavy (non-hydrogen) atoms. The van der Waals surface area contributed by atoms with E-state index in [0.717, 1.165) is 13.7 Å². The van der Waals surface area contributed by atoms with Gasteiger partial charge in [0.2, 0.25) is 0 Å². The molecule has 0 fully saturated rings. The Hall–Kier alpha value is -0.670. The lowest BCUT2D eigenvalue weighted by Crippen LogP contribution is -1.99.